The Labute approximate surface area is 104 Å². The summed E-state index contributed by atoms with van der Waals surface area (Å²) in [5, 5.41) is 11.4. The summed E-state index contributed by atoms with van der Waals surface area (Å²) in [7, 11) is 0. The number of anilines is 1. The molecule has 2 N–H and O–H groups in total. The van der Waals surface area contributed by atoms with Crippen LogP contribution < -0.4 is 5.32 Å². The molecule has 1 aliphatic rings. The summed E-state index contributed by atoms with van der Waals surface area (Å²) in [5.41, 5.74) is 1.43. The highest BCUT2D eigenvalue weighted by atomic mass is 16.5. The molecule has 96 valence electrons. The number of nitrogens with zero attached hydrogens (tertiary/aromatic N) is 1. The largest absolute Gasteiger partial charge is 0.479 e. The second-order valence-electron chi connectivity index (χ2n) is 4.21. The molecule has 1 aliphatic heterocycles. The van der Waals surface area contributed by atoms with Gasteiger partial charge in [0.05, 0.1) is 11.9 Å². The normalized spacial score (nSPS) is 22.7. The van der Waals surface area contributed by atoms with E-state index >= 15 is 0 Å². The molecule has 1 aromatic heterocycles. The number of nitrogens with one attached hydrogen (secondary N) is 1. The van der Waals surface area contributed by atoms with E-state index in [1.54, 1.807) is 18.3 Å². The van der Waals surface area contributed by atoms with Crippen LogP contribution in [0, 0.1) is 6.92 Å². The monoisotopic (exact) mass is 250 g/mol. The van der Waals surface area contributed by atoms with Crippen molar-refractivity contribution in [2.75, 3.05) is 5.32 Å². The van der Waals surface area contributed by atoms with Crippen LogP contribution in [-0.2, 0) is 14.3 Å². The number of hydrogen-bond donors (Lipinski definition) is 2. The van der Waals surface area contributed by atoms with Crippen molar-refractivity contribution in [1.29, 1.82) is 0 Å². The summed E-state index contributed by atoms with van der Waals surface area (Å²) in [5.74, 6) is -1.35. The number of rotatable bonds is 3. The Bertz CT molecular complexity index is 458. The summed E-state index contributed by atoms with van der Waals surface area (Å²) < 4.78 is 5.15. The molecule has 0 saturated carbocycles. The number of aliphatic carboxylic acids is 1. The smallest absolute Gasteiger partial charge is 0.332 e. The van der Waals surface area contributed by atoms with Crippen LogP contribution in [0.4, 0.5) is 5.69 Å². The topological polar surface area (TPSA) is 88.5 Å². The zero-order valence-corrected chi connectivity index (χ0v) is 9.92. The van der Waals surface area contributed by atoms with Gasteiger partial charge in [-0.15, -0.1) is 0 Å². The van der Waals surface area contributed by atoms with E-state index in [4.69, 9.17) is 9.84 Å². The summed E-state index contributed by atoms with van der Waals surface area (Å²) in [6.07, 6.45) is 0.753. The molecule has 2 heterocycles. The molecule has 2 rings (SSSR count). The average Bonchev–Trinajstić information content (AvgIpc) is 2.81. The fourth-order valence-corrected chi connectivity index (χ4v) is 1.78. The molecular formula is C12H14N2O4. The minimum absolute atomic E-state index is 0.329. The summed E-state index contributed by atoms with van der Waals surface area (Å²) in [4.78, 5) is 26.6. The molecule has 6 heteroatoms. The summed E-state index contributed by atoms with van der Waals surface area (Å²) in [6.45, 7) is 1.85. The Morgan fingerprint density at radius 2 is 2.11 bits per heavy atom. The highest BCUT2D eigenvalue weighted by Gasteiger charge is 2.34. The van der Waals surface area contributed by atoms with Gasteiger partial charge in [-0.2, -0.15) is 0 Å². The fraction of sp³-hybridized carbons (Fsp3) is 0.417. The van der Waals surface area contributed by atoms with E-state index in [2.05, 4.69) is 10.3 Å². The molecule has 0 radical (unpaired) electrons. The Kier molecular flexibility index (Phi) is 3.57. The lowest BCUT2D eigenvalue weighted by Gasteiger charge is -2.11. The molecule has 0 bridgehead atoms. The van der Waals surface area contributed by atoms with Gasteiger partial charge in [0, 0.05) is 5.69 Å². The number of carboxylic acids is 1. The number of amides is 1. The van der Waals surface area contributed by atoms with Gasteiger partial charge in [-0.1, -0.05) is 0 Å². The number of carbonyl (C=O) groups excluding carboxylic acids is 1. The maximum Gasteiger partial charge on any atom is 0.332 e. The molecular weight excluding hydrogens is 236 g/mol. The Morgan fingerprint density at radius 1 is 1.39 bits per heavy atom. The van der Waals surface area contributed by atoms with Crippen LogP contribution in [0.2, 0.25) is 0 Å². The van der Waals surface area contributed by atoms with Gasteiger partial charge in [0.1, 0.15) is 6.10 Å². The standard InChI is InChI=1S/C12H14N2O4/c1-7-2-3-8(6-13-7)14-11(15)9-4-5-10(18-9)12(16)17/h2-3,6,9-10H,4-5H2,1H3,(H,14,15)(H,16,17)/t9-,10+/m0/s1. The number of ether oxygens (including phenoxy) is 1. The zero-order chi connectivity index (χ0) is 13.1. The fourth-order valence-electron chi connectivity index (χ4n) is 1.78. The van der Waals surface area contributed by atoms with Crippen molar-refractivity contribution in [3.63, 3.8) is 0 Å². The molecule has 1 aromatic rings. The van der Waals surface area contributed by atoms with E-state index in [0.717, 1.165) is 5.69 Å². The van der Waals surface area contributed by atoms with Gasteiger partial charge >= 0.3 is 5.97 Å². The first-order valence-electron chi connectivity index (χ1n) is 5.68. The second kappa shape index (κ2) is 5.14. The third kappa shape index (κ3) is 2.84. The molecule has 1 fully saturated rings. The van der Waals surface area contributed by atoms with Crippen molar-refractivity contribution in [3.8, 4) is 0 Å². The molecule has 2 atom stereocenters. The van der Waals surface area contributed by atoms with Crippen molar-refractivity contribution < 1.29 is 19.4 Å². The van der Waals surface area contributed by atoms with Gasteiger partial charge < -0.3 is 15.2 Å². The predicted molar refractivity (Wildman–Crippen MR) is 63.1 cm³/mol. The minimum Gasteiger partial charge on any atom is -0.479 e. The van der Waals surface area contributed by atoms with E-state index < -0.39 is 18.2 Å². The van der Waals surface area contributed by atoms with Gasteiger partial charge in [-0.05, 0) is 31.9 Å². The van der Waals surface area contributed by atoms with Gasteiger partial charge in [0.2, 0.25) is 0 Å². The highest BCUT2D eigenvalue weighted by Crippen LogP contribution is 2.21. The first-order chi connectivity index (χ1) is 8.56. The zero-order valence-electron chi connectivity index (χ0n) is 9.92. The third-order valence-corrected chi connectivity index (χ3v) is 2.77. The van der Waals surface area contributed by atoms with Crippen molar-refractivity contribution >= 4 is 17.6 Å². The van der Waals surface area contributed by atoms with Crippen molar-refractivity contribution in [3.05, 3.63) is 24.0 Å². The predicted octanol–water partition coefficient (Wildman–Crippen LogP) is 0.961. The number of aryl methyl sites for hydroxylation is 1. The van der Waals surface area contributed by atoms with Gasteiger partial charge in [0.15, 0.2) is 6.10 Å². The lowest BCUT2D eigenvalue weighted by atomic mass is 10.2. The number of carboxylic acid groups (broad SMARTS) is 1. The molecule has 0 aromatic carbocycles. The van der Waals surface area contributed by atoms with Gasteiger partial charge in [0.25, 0.3) is 5.91 Å². The van der Waals surface area contributed by atoms with Crippen molar-refractivity contribution in [2.24, 2.45) is 0 Å². The van der Waals surface area contributed by atoms with Crippen LogP contribution in [0.15, 0.2) is 18.3 Å². The number of aromatic nitrogens is 1. The molecule has 18 heavy (non-hydrogen) atoms. The number of hydrogen-bond acceptors (Lipinski definition) is 4. The number of carbonyl (C=O) groups is 2. The van der Waals surface area contributed by atoms with Crippen LogP contribution in [-0.4, -0.2) is 34.2 Å². The van der Waals surface area contributed by atoms with Crippen LogP contribution in [0.25, 0.3) is 0 Å². The Balaban J connectivity index is 1.93. The SMILES string of the molecule is Cc1ccc(NC(=O)[C@@H]2CC[C@H](C(=O)O)O2)cn1. The van der Waals surface area contributed by atoms with Gasteiger partial charge in [-0.25, -0.2) is 4.79 Å². The van der Waals surface area contributed by atoms with E-state index in [1.165, 1.54) is 0 Å². The molecule has 0 aliphatic carbocycles. The molecule has 6 nitrogen and oxygen atoms in total. The Morgan fingerprint density at radius 3 is 2.67 bits per heavy atom. The maximum atomic E-state index is 11.8. The van der Waals surface area contributed by atoms with E-state index in [9.17, 15) is 9.59 Å². The minimum atomic E-state index is -1.03. The van der Waals surface area contributed by atoms with Crippen LogP contribution >= 0.6 is 0 Å². The van der Waals surface area contributed by atoms with E-state index in [0.29, 0.717) is 18.5 Å². The van der Waals surface area contributed by atoms with Crippen LogP contribution in [0.3, 0.4) is 0 Å². The highest BCUT2D eigenvalue weighted by molar-refractivity contribution is 5.94. The van der Waals surface area contributed by atoms with E-state index in [-0.39, 0.29) is 5.91 Å². The lowest BCUT2D eigenvalue weighted by molar-refractivity contribution is -0.150. The van der Waals surface area contributed by atoms with Crippen LogP contribution in [0.1, 0.15) is 18.5 Å². The average molecular weight is 250 g/mol. The van der Waals surface area contributed by atoms with E-state index in [1.807, 2.05) is 6.92 Å². The Hall–Kier alpha value is -1.95. The lowest BCUT2D eigenvalue weighted by Crippen LogP contribution is -2.29. The first kappa shape index (κ1) is 12.5. The third-order valence-electron chi connectivity index (χ3n) is 2.77. The van der Waals surface area contributed by atoms with Gasteiger partial charge in [-0.3, -0.25) is 9.78 Å². The molecule has 0 spiro atoms. The second-order valence-corrected chi connectivity index (χ2v) is 4.21. The van der Waals surface area contributed by atoms with Crippen molar-refractivity contribution in [2.45, 2.75) is 32.0 Å². The summed E-state index contributed by atoms with van der Waals surface area (Å²) >= 11 is 0. The maximum absolute atomic E-state index is 11.8. The molecule has 1 saturated heterocycles. The summed E-state index contributed by atoms with van der Waals surface area (Å²) in [6, 6.07) is 3.52. The van der Waals surface area contributed by atoms with Crippen LogP contribution in [0.5, 0.6) is 0 Å². The first-order valence-corrected chi connectivity index (χ1v) is 5.68. The molecule has 1 amide bonds. The molecule has 0 unspecified atom stereocenters. The van der Waals surface area contributed by atoms with Crippen molar-refractivity contribution in [1.82, 2.24) is 4.98 Å². The quantitative estimate of drug-likeness (QED) is 0.834. The number of pyridine rings is 1.